The van der Waals surface area contributed by atoms with E-state index in [1.54, 1.807) is 0 Å². The topological polar surface area (TPSA) is 162 Å². The minimum atomic E-state index is -0.582. The van der Waals surface area contributed by atoms with Crippen molar-refractivity contribution in [2.24, 2.45) is 0 Å². The predicted molar refractivity (Wildman–Crippen MR) is 86.5 cm³/mol. The van der Waals surface area contributed by atoms with Gasteiger partial charge in [-0.1, -0.05) is 0 Å². The number of phenols is 6. The molecule has 2 rings (SSSR count). The number of rotatable bonds is 2. The molecule has 139 valence electrons. The molecule has 0 aromatic heterocycles. The molecular formula is C14H12CuO8Te2. The minimum absolute atomic E-state index is 0. The van der Waals surface area contributed by atoms with Crippen LogP contribution in [0.15, 0.2) is 24.3 Å². The second-order valence-corrected chi connectivity index (χ2v) is 6.54. The van der Waals surface area contributed by atoms with Crippen molar-refractivity contribution in [2.45, 2.75) is 0 Å². The summed E-state index contributed by atoms with van der Waals surface area (Å²) >= 11 is 2.67. The number of aliphatic hydroxyl groups excluding tert-OH is 2. The van der Waals surface area contributed by atoms with Crippen molar-refractivity contribution >= 4 is 51.1 Å². The van der Waals surface area contributed by atoms with Gasteiger partial charge in [0.1, 0.15) is 0 Å². The van der Waals surface area contributed by atoms with Crippen LogP contribution in [0.4, 0.5) is 0 Å². The molecule has 0 aliphatic heterocycles. The molecule has 2 aromatic carbocycles. The molecule has 0 atom stereocenters. The summed E-state index contributed by atoms with van der Waals surface area (Å²) in [5.74, 6) is -3.00. The van der Waals surface area contributed by atoms with E-state index < -0.39 is 34.5 Å². The number of aliphatic hydroxyl groups is 2. The van der Waals surface area contributed by atoms with Gasteiger partial charge in [-0.2, -0.15) is 0 Å². The molecule has 8 N–H and O–H groups in total. The number of benzene rings is 2. The summed E-state index contributed by atoms with van der Waals surface area (Å²) in [5.41, 5.74) is 0.542. The van der Waals surface area contributed by atoms with Gasteiger partial charge in [-0.15, -0.1) is 0 Å². The van der Waals surface area contributed by atoms with Gasteiger partial charge >= 0.3 is 162 Å². The van der Waals surface area contributed by atoms with Crippen molar-refractivity contribution in [2.75, 3.05) is 0 Å². The minimum Gasteiger partial charge on any atom is 0 e. The van der Waals surface area contributed by atoms with E-state index in [-0.39, 0.29) is 35.7 Å². The Bertz CT molecular complexity index is 696. The van der Waals surface area contributed by atoms with E-state index in [0.29, 0.717) is 0 Å². The van der Waals surface area contributed by atoms with E-state index in [1.165, 1.54) is 43.6 Å². The maximum atomic E-state index is 9.00. The summed E-state index contributed by atoms with van der Waals surface area (Å²) in [7, 11) is 0. The molecule has 1 radical (unpaired) electrons. The summed E-state index contributed by atoms with van der Waals surface area (Å²) in [6, 6.07) is 4.64. The van der Waals surface area contributed by atoms with Crippen LogP contribution in [0, 0.1) is 0 Å². The third-order valence-corrected chi connectivity index (χ3v) is 3.98. The second kappa shape index (κ2) is 9.98. The van der Waals surface area contributed by atoms with E-state index in [1.807, 2.05) is 0 Å². The van der Waals surface area contributed by atoms with E-state index in [0.717, 1.165) is 24.3 Å². The molecule has 8 nitrogen and oxygen atoms in total. The van der Waals surface area contributed by atoms with Crippen molar-refractivity contribution < 1.29 is 57.9 Å². The van der Waals surface area contributed by atoms with Gasteiger partial charge in [-0.05, 0) is 0 Å². The molecule has 2 aromatic rings. The quantitative estimate of drug-likeness (QED) is 0.166. The smallest absolute Gasteiger partial charge is 0 e. The molecule has 0 unspecified atom stereocenters. The van der Waals surface area contributed by atoms with E-state index in [4.69, 9.17) is 40.9 Å². The van der Waals surface area contributed by atoms with Crippen LogP contribution in [0.1, 0.15) is 11.1 Å². The number of hydrogen-bond donors (Lipinski definition) is 8. The van der Waals surface area contributed by atoms with Gasteiger partial charge in [-0.25, -0.2) is 0 Å². The van der Waals surface area contributed by atoms with Gasteiger partial charge in [0.05, 0.1) is 0 Å². The fraction of sp³-hybridized carbons (Fsp3) is 0. The fourth-order valence-electron chi connectivity index (χ4n) is 1.46. The molecule has 25 heavy (non-hydrogen) atoms. The van der Waals surface area contributed by atoms with Crippen molar-refractivity contribution in [1.29, 1.82) is 0 Å². The Morgan fingerprint density at radius 2 is 0.760 bits per heavy atom. The van der Waals surface area contributed by atoms with Gasteiger partial charge in [0.2, 0.25) is 0 Å². The average molecular weight is 627 g/mol. The summed E-state index contributed by atoms with van der Waals surface area (Å²) < 4.78 is -0.0622. The Morgan fingerprint density at radius 1 is 0.560 bits per heavy atom. The van der Waals surface area contributed by atoms with E-state index in [9.17, 15) is 0 Å². The van der Waals surface area contributed by atoms with Gasteiger partial charge in [0.15, 0.2) is 0 Å². The molecule has 0 aliphatic rings. The average Bonchev–Trinajstić information content (AvgIpc) is 2.49. The first kappa shape index (κ1) is 23.7. The summed E-state index contributed by atoms with van der Waals surface area (Å²) in [5, 5.41) is 71.8. The van der Waals surface area contributed by atoms with Crippen LogP contribution in [0.5, 0.6) is 34.5 Å². The zero-order valence-electron chi connectivity index (χ0n) is 12.0. The van der Waals surface area contributed by atoms with E-state index in [2.05, 4.69) is 0 Å². The van der Waals surface area contributed by atoms with Crippen LogP contribution < -0.4 is 0 Å². The van der Waals surface area contributed by atoms with Crippen LogP contribution in [0.3, 0.4) is 0 Å². The standard InChI is InChI=1S/2C7H6O4Te.Cu/c2*8-4-1-3(7(11)12)2-5(9)6(4)10;/h2*1-2,8-10H,(H,11,12);. The van der Waals surface area contributed by atoms with Gasteiger partial charge in [-0.3, -0.25) is 0 Å². The zero-order valence-corrected chi connectivity index (χ0v) is 17.6. The Labute approximate surface area is 177 Å². The third kappa shape index (κ3) is 6.48. The summed E-state index contributed by atoms with van der Waals surface area (Å²) in [6.45, 7) is 0. The molecule has 11 heteroatoms. The Hall–Kier alpha value is -1.32. The Kier molecular flexibility index (Phi) is 9.45. The summed E-state index contributed by atoms with van der Waals surface area (Å²) in [6.07, 6.45) is 0. The van der Waals surface area contributed by atoms with Crippen LogP contribution in [-0.4, -0.2) is 92.0 Å². The predicted octanol–water partition coefficient (Wildman–Crippen LogP) is -0.358. The van der Waals surface area contributed by atoms with Crippen LogP contribution in [0.2, 0.25) is 0 Å². The number of phenolic OH excluding ortho intramolecular Hbond substituents is 6. The van der Waals surface area contributed by atoms with Crippen LogP contribution in [-0.2, 0) is 17.1 Å². The van der Waals surface area contributed by atoms with Crippen molar-refractivity contribution in [3.8, 4) is 34.5 Å². The fourth-order valence-corrected chi connectivity index (χ4v) is 2.13. The van der Waals surface area contributed by atoms with Crippen molar-refractivity contribution in [3.05, 3.63) is 35.4 Å². The number of hydrogen-bond acceptors (Lipinski definition) is 8. The number of aromatic hydroxyl groups is 6. The molecular weight excluding hydrogens is 615 g/mol. The van der Waals surface area contributed by atoms with E-state index >= 15 is 0 Å². The molecule has 0 heterocycles. The van der Waals surface area contributed by atoms with Crippen molar-refractivity contribution in [1.82, 2.24) is 0 Å². The third-order valence-electron chi connectivity index (χ3n) is 2.63. The van der Waals surface area contributed by atoms with Gasteiger partial charge in [0, 0.05) is 17.1 Å². The summed E-state index contributed by atoms with van der Waals surface area (Å²) in [4.78, 5) is 0. The second-order valence-electron chi connectivity index (χ2n) is 4.34. The normalized spacial score (nSPS) is 9.28. The molecule has 0 spiro atoms. The molecule has 0 aliphatic carbocycles. The SMILES string of the molecule is OC(=[Te])c1cc(O)c(O)c(O)c1.OC(=[Te])c1cc(O)c(O)c(O)c1.[Cu]. The first-order valence-electron chi connectivity index (χ1n) is 6.01. The maximum Gasteiger partial charge on any atom is 0 e. The molecule has 0 amide bonds. The van der Waals surface area contributed by atoms with Gasteiger partial charge < -0.3 is 0 Å². The van der Waals surface area contributed by atoms with Crippen molar-refractivity contribution in [3.63, 3.8) is 0 Å². The first-order valence-corrected chi connectivity index (χ1v) is 8.34. The van der Waals surface area contributed by atoms with Crippen LogP contribution in [0.25, 0.3) is 0 Å². The Balaban J connectivity index is 0.000000443. The molecule has 0 saturated heterocycles. The molecule has 0 bridgehead atoms. The van der Waals surface area contributed by atoms with Crippen LogP contribution >= 0.6 is 0 Å². The monoisotopic (exact) mass is 631 g/mol. The largest absolute Gasteiger partial charge is 0 e. The van der Waals surface area contributed by atoms with Gasteiger partial charge in [0.25, 0.3) is 0 Å². The molecule has 0 fully saturated rings. The Morgan fingerprint density at radius 3 is 0.920 bits per heavy atom. The molecule has 0 saturated carbocycles. The maximum absolute atomic E-state index is 9.00. The zero-order chi connectivity index (χ0) is 18.6. The first-order chi connectivity index (χ1) is 11.0.